The van der Waals surface area contributed by atoms with Gasteiger partial charge >= 0.3 is 0 Å². The fourth-order valence-corrected chi connectivity index (χ4v) is 3.67. The maximum absolute atomic E-state index is 12.3. The van der Waals surface area contributed by atoms with Crippen LogP contribution in [0.15, 0.2) is 34.5 Å². The summed E-state index contributed by atoms with van der Waals surface area (Å²) in [7, 11) is 0. The van der Waals surface area contributed by atoms with Gasteiger partial charge in [-0.05, 0) is 37.8 Å². The number of aryl methyl sites for hydroxylation is 1. The van der Waals surface area contributed by atoms with Crippen LogP contribution in [0.2, 0.25) is 0 Å². The molecular weight excluding hydrogens is 338 g/mol. The zero-order valence-electron chi connectivity index (χ0n) is 15.3. The van der Waals surface area contributed by atoms with Gasteiger partial charge in [-0.2, -0.15) is 15.3 Å². The summed E-state index contributed by atoms with van der Waals surface area (Å²) in [5, 5.41) is 18.8. The van der Waals surface area contributed by atoms with Gasteiger partial charge in [-0.25, -0.2) is 0 Å². The number of aromatic amines is 1. The third kappa shape index (κ3) is 3.92. The fraction of sp³-hybridized carbons (Fsp3) is 0.429. The molecule has 1 aliphatic carbocycles. The standard InChI is InChI=1S/C21H23N5O/c1-2-3-12-21(25-26-21)13-11-19(27)22-16-8-6-7-15(14-16)20-17-9-4-5-10-18(17)23-24-20/h1,6-8,14H,3-5,9-13H2,(H,22,27)(H,23,24). The highest BCUT2D eigenvalue weighted by molar-refractivity contribution is 5.91. The lowest BCUT2D eigenvalue weighted by Crippen LogP contribution is -2.17. The van der Waals surface area contributed by atoms with Crippen molar-refractivity contribution in [3.8, 4) is 23.6 Å². The van der Waals surface area contributed by atoms with E-state index in [0.717, 1.165) is 36.2 Å². The number of nitrogens with one attached hydrogen (secondary N) is 2. The van der Waals surface area contributed by atoms with Crippen LogP contribution >= 0.6 is 0 Å². The molecule has 0 saturated carbocycles. The number of rotatable bonds is 7. The Bertz CT molecular complexity index is 915. The van der Waals surface area contributed by atoms with Gasteiger partial charge in [-0.15, -0.1) is 12.3 Å². The van der Waals surface area contributed by atoms with Crippen LogP contribution in [0.25, 0.3) is 11.3 Å². The number of H-pyrrole nitrogens is 1. The van der Waals surface area contributed by atoms with Gasteiger partial charge in [0.2, 0.25) is 5.91 Å². The number of carbonyl (C=O) groups is 1. The van der Waals surface area contributed by atoms with Gasteiger partial charge in [0.15, 0.2) is 5.66 Å². The summed E-state index contributed by atoms with van der Waals surface area (Å²) in [6.07, 6.45) is 12.2. The molecule has 0 atom stereocenters. The first-order chi connectivity index (χ1) is 13.2. The fourth-order valence-electron chi connectivity index (χ4n) is 3.67. The largest absolute Gasteiger partial charge is 0.326 e. The monoisotopic (exact) mass is 361 g/mol. The van der Waals surface area contributed by atoms with E-state index in [1.165, 1.54) is 24.1 Å². The van der Waals surface area contributed by atoms with Crippen LogP contribution in [0.1, 0.15) is 49.8 Å². The minimum Gasteiger partial charge on any atom is -0.326 e. The number of anilines is 1. The van der Waals surface area contributed by atoms with Crippen LogP contribution in [0.5, 0.6) is 0 Å². The minimum absolute atomic E-state index is 0.0337. The summed E-state index contributed by atoms with van der Waals surface area (Å²) >= 11 is 0. The smallest absolute Gasteiger partial charge is 0.224 e. The molecule has 2 N–H and O–H groups in total. The first kappa shape index (κ1) is 17.5. The van der Waals surface area contributed by atoms with E-state index in [9.17, 15) is 4.79 Å². The zero-order valence-corrected chi connectivity index (χ0v) is 15.3. The topological polar surface area (TPSA) is 82.5 Å². The second-order valence-corrected chi connectivity index (χ2v) is 7.25. The summed E-state index contributed by atoms with van der Waals surface area (Å²) in [4.78, 5) is 12.3. The van der Waals surface area contributed by atoms with Crippen molar-refractivity contribution in [2.45, 2.75) is 57.0 Å². The Morgan fingerprint density at radius 1 is 1.26 bits per heavy atom. The van der Waals surface area contributed by atoms with Gasteiger partial charge < -0.3 is 5.32 Å². The molecule has 138 valence electrons. The second kappa shape index (κ2) is 7.36. The van der Waals surface area contributed by atoms with Crippen molar-refractivity contribution in [3.63, 3.8) is 0 Å². The summed E-state index contributed by atoms with van der Waals surface area (Å²) in [6.45, 7) is 0. The molecule has 6 nitrogen and oxygen atoms in total. The van der Waals surface area contributed by atoms with Gasteiger partial charge in [0.05, 0.1) is 5.69 Å². The summed E-state index contributed by atoms with van der Waals surface area (Å²) in [5.41, 5.74) is 4.97. The van der Waals surface area contributed by atoms with Crippen molar-refractivity contribution in [2.24, 2.45) is 10.2 Å². The third-order valence-corrected chi connectivity index (χ3v) is 5.28. The quantitative estimate of drug-likeness (QED) is 0.723. The number of aromatic nitrogens is 2. The number of fused-ring (bicyclic) bond motifs is 1. The van der Waals surface area contributed by atoms with E-state index in [-0.39, 0.29) is 5.91 Å². The first-order valence-electron chi connectivity index (χ1n) is 9.53. The predicted octanol–water partition coefficient (Wildman–Crippen LogP) is 4.25. The van der Waals surface area contributed by atoms with Gasteiger partial charge in [0.25, 0.3) is 0 Å². The Morgan fingerprint density at radius 2 is 2.11 bits per heavy atom. The molecule has 0 saturated heterocycles. The number of carbonyl (C=O) groups excluding carboxylic acids is 1. The number of nitrogens with zero attached hydrogens (tertiary/aromatic N) is 3. The van der Waals surface area contributed by atoms with Crippen molar-refractivity contribution in [1.29, 1.82) is 0 Å². The van der Waals surface area contributed by atoms with Crippen molar-refractivity contribution in [2.75, 3.05) is 5.32 Å². The van der Waals surface area contributed by atoms with Crippen molar-refractivity contribution < 1.29 is 4.79 Å². The molecular formula is C21H23N5O. The van der Waals surface area contributed by atoms with Gasteiger partial charge in [-0.3, -0.25) is 9.89 Å². The normalized spacial score (nSPS) is 16.4. The van der Waals surface area contributed by atoms with Crippen LogP contribution in [0.3, 0.4) is 0 Å². The van der Waals surface area contributed by atoms with E-state index in [1.807, 2.05) is 24.3 Å². The molecule has 4 rings (SSSR count). The number of terminal acetylenes is 1. The molecule has 1 aromatic carbocycles. The molecule has 1 aliphatic heterocycles. The third-order valence-electron chi connectivity index (χ3n) is 5.28. The SMILES string of the molecule is C#CCCC1(CCC(=O)Nc2cccc(-c3n[nH]c4c3CCCC4)c2)N=N1. The summed E-state index contributed by atoms with van der Waals surface area (Å²) < 4.78 is 0. The van der Waals surface area contributed by atoms with Crippen LogP contribution in [-0.4, -0.2) is 21.8 Å². The molecule has 27 heavy (non-hydrogen) atoms. The van der Waals surface area contributed by atoms with Crippen LogP contribution in [0, 0.1) is 12.3 Å². The Morgan fingerprint density at radius 3 is 2.93 bits per heavy atom. The lowest BCUT2D eigenvalue weighted by atomic mass is 9.93. The predicted molar refractivity (Wildman–Crippen MR) is 104 cm³/mol. The lowest BCUT2D eigenvalue weighted by Gasteiger charge is -2.12. The van der Waals surface area contributed by atoms with Gasteiger partial charge in [0.1, 0.15) is 0 Å². The van der Waals surface area contributed by atoms with Crippen LogP contribution in [-0.2, 0) is 17.6 Å². The molecule has 0 fully saturated rings. The summed E-state index contributed by atoms with van der Waals surface area (Å²) in [5.74, 6) is 2.57. The van der Waals surface area contributed by atoms with E-state index >= 15 is 0 Å². The molecule has 2 heterocycles. The zero-order chi connectivity index (χ0) is 18.7. The van der Waals surface area contributed by atoms with Crippen molar-refractivity contribution >= 4 is 11.6 Å². The van der Waals surface area contributed by atoms with E-state index < -0.39 is 5.66 Å². The average Bonchev–Trinajstić information content (AvgIpc) is 3.34. The van der Waals surface area contributed by atoms with Crippen molar-refractivity contribution in [1.82, 2.24) is 10.2 Å². The average molecular weight is 361 g/mol. The molecule has 0 bridgehead atoms. The van der Waals surface area contributed by atoms with E-state index in [0.29, 0.717) is 19.3 Å². The van der Waals surface area contributed by atoms with E-state index in [2.05, 4.69) is 31.7 Å². The number of amides is 1. The maximum Gasteiger partial charge on any atom is 0.224 e. The number of hydrogen-bond donors (Lipinski definition) is 2. The van der Waals surface area contributed by atoms with E-state index in [1.54, 1.807) is 0 Å². The Balaban J connectivity index is 1.39. The van der Waals surface area contributed by atoms with Gasteiger partial charge in [-0.1, -0.05) is 12.1 Å². The molecule has 2 aromatic rings. The van der Waals surface area contributed by atoms with Gasteiger partial charge in [0, 0.05) is 48.2 Å². The molecule has 6 heteroatoms. The Kier molecular flexibility index (Phi) is 4.76. The Labute approximate surface area is 158 Å². The highest BCUT2D eigenvalue weighted by atomic mass is 16.1. The van der Waals surface area contributed by atoms with Crippen LogP contribution in [0.4, 0.5) is 5.69 Å². The summed E-state index contributed by atoms with van der Waals surface area (Å²) in [6, 6.07) is 7.88. The van der Waals surface area contributed by atoms with E-state index in [4.69, 9.17) is 6.42 Å². The molecule has 0 radical (unpaired) electrons. The lowest BCUT2D eigenvalue weighted by molar-refractivity contribution is -0.116. The number of hydrogen-bond acceptors (Lipinski definition) is 4. The first-order valence-corrected chi connectivity index (χ1v) is 9.53. The maximum atomic E-state index is 12.3. The molecule has 1 amide bonds. The highest BCUT2D eigenvalue weighted by Gasteiger charge is 2.39. The highest BCUT2D eigenvalue weighted by Crippen LogP contribution is 2.37. The Hall–Kier alpha value is -2.94. The minimum atomic E-state index is -0.417. The molecule has 1 aromatic heterocycles. The molecule has 0 unspecified atom stereocenters. The van der Waals surface area contributed by atoms with Crippen LogP contribution < -0.4 is 5.32 Å². The second-order valence-electron chi connectivity index (χ2n) is 7.25. The number of benzene rings is 1. The molecule has 2 aliphatic rings. The van der Waals surface area contributed by atoms with Crippen molar-refractivity contribution in [3.05, 3.63) is 35.5 Å². The molecule has 0 spiro atoms.